The van der Waals surface area contributed by atoms with Gasteiger partial charge in [0.15, 0.2) is 0 Å². The number of nitrogens with two attached hydrogens (primary N) is 2. The number of rotatable bonds is 9. The van der Waals surface area contributed by atoms with Gasteiger partial charge in [-0.2, -0.15) is 0 Å². The second kappa shape index (κ2) is 9.51. The molecule has 0 aliphatic heterocycles. The lowest BCUT2D eigenvalue weighted by Crippen LogP contribution is -2.53. The fraction of sp³-hybridized carbons (Fsp3) is 0.368. The summed E-state index contributed by atoms with van der Waals surface area (Å²) in [6, 6.07) is 13.5. The van der Waals surface area contributed by atoms with Crippen LogP contribution < -0.4 is 22.1 Å². The molecule has 7 nitrogen and oxygen atoms in total. The Hall–Kier alpha value is -2.16. The largest absolute Gasteiger partial charge is 0.399 e. The molecule has 2 rings (SSSR count). The summed E-state index contributed by atoms with van der Waals surface area (Å²) in [5.74, 6) is 0. The zero-order chi connectivity index (χ0) is 19.1. The van der Waals surface area contributed by atoms with Crippen LogP contribution in [0.1, 0.15) is 30.1 Å². The van der Waals surface area contributed by atoms with Crippen molar-refractivity contribution in [3.8, 4) is 0 Å². The van der Waals surface area contributed by atoms with Crippen LogP contribution in [0, 0.1) is 0 Å². The Balaban J connectivity index is 2.13. The monoisotopic (exact) mass is 360 g/mol. The van der Waals surface area contributed by atoms with E-state index in [1.165, 1.54) is 0 Å². The van der Waals surface area contributed by atoms with E-state index in [0.717, 1.165) is 11.1 Å². The highest BCUT2D eigenvalue weighted by Crippen LogP contribution is 2.18. The Morgan fingerprint density at radius 1 is 0.769 bits per heavy atom. The van der Waals surface area contributed by atoms with Gasteiger partial charge in [-0.3, -0.25) is 10.6 Å². The van der Waals surface area contributed by atoms with Crippen molar-refractivity contribution in [2.75, 3.05) is 24.7 Å². The molecule has 3 atom stereocenters. The minimum atomic E-state index is -0.763. The molecule has 142 valence electrons. The van der Waals surface area contributed by atoms with Crippen LogP contribution in [0.3, 0.4) is 0 Å². The van der Waals surface area contributed by atoms with Crippen LogP contribution in [-0.2, 0) is 0 Å². The van der Waals surface area contributed by atoms with Gasteiger partial charge in [0.2, 0.25) is 0 Å². The first-order valence-electron chi connectivity index (χ1n) is 8.57. The fourth-order valence-corrected chi connectivity index (χ4v) is 2.73. The van der Waals surface area contributed by atoms with Gasteiger partial charge in [-0.1, -0.05) is 24.3 Å². The standard InChI is InChI=1S/C19H28N4O3/c1-12(26)19(22-17(10-24)13-2-6-15(20)7-3-13)23-18(11-25)14-4-8-16(21)9-5-14/h2-9,12,17-19,22-26H,10-11,20-21H2,1H3. The molecule has 0 radical (unpaired) electrons. The van der Waals surface area contributed by atoms with Crippen LogP contribution in [0.2, 0.25) is 0 Å². The second-order valence-electron chi connectivity index (χ2n) is 6.36. The van der Waals surface area contributed by atoms with E-state index in [0.29, 0.717) is 11.4 Å². The summed E-state index contributed by atoms with van der Waals surface area (Å²) in [7, 11) is 0. The van der Waals surface area contributed by atoms with Gasteiger partial charge >= 0.3 is 0 Å². The van der Waals surface area contributed by atoms with Gasteiger partial charge in [-0.25, -0.2) is 0 Å². The lowest BCUT2D eigenvalue weighted by atomic mass is 10.0. The van der Waals surface area contributed by atoms with E-state index >= 15 is 0 Å². The van der Waals surface area contributed by atoms with Crippen molar-refractivity contribution in [3.63, 3.8) is 0 Å². The van der Waals surface area contributed by atoms with Gasteiger partial charge in [0.25, 0.3) is 0 Å². The topological polar surface area (TPSA) is 137 Å². The first kappa shape index (κ1) is 20.2. The average molecular weight is 360 g/mol. The van der Waals surface area contributed by atoms with Crippen LogP contribution >= 0.6 is 0 Å². The Kier molecular flexibility index (Phi) is 7.38. The van der Waals surface area contributed by atoms with Gasteiger partial charge in [0.05, 0.1) is 37.6 Å². The van der Waals surface area contributed by atoms with Gasteiger partial charge < -0.3 is 26.8 Å². The van der Waals surface area contributed by atoms with Crippen LogP contribution in [0.15, 0.2) is 48.5 Å². The Bertz CT molecular complexity index is 606. The highest BCUT2D eigenvalue weighted by molar-refractivity contribution is 5.41. The maximum atomic E-state index is 10.2. The van der Waals surface area contributed by atoms with Crippen LogP contribution in [0.4, 0.5) is 11.4 Å². The van der Waals surface area contributed by atoms with Crippen LogP contribution in [0.25, 0.3) is 0 Å². The second-order valence-corrected chi connectivity index (χ2v) is 6.36. The van der Waals surface area contributed by atoms with Gasteiger partial charge in [-0.15, -0.1) is 0 Å². The molecule has 2 aromatic carbocycles. The molecular formula is C19H28N4O3. The average Bonchev–Trinajstić information content (AvgIpc) is 2.64. The minimum absolute atomic E-state index is 0.152. The number of aliphatic hydroxyl groups excluding tert-OH is 3. The third-order valence-electron chi connectivity index (χ3n) is 4.29. The third-order valence-corrected chi connectivity index (χ3v) is 4.29. The van der Waals surface area contributed by atoms with Crippen molar-refractivity contribution >= 4 is 11.4 Å². The summed E-state index contributed by atoms with van der Waals surface area (Å²) in [4.78, 5) is 0. The lowest BCUT2D eigenvalue weighted by molar-refractivity contribution is 0.0930. The molecule has 0 aromatic heterocycles. The molecule has 0 fully saturated rings. The lowest BCUT2D eigenvalue weighted by Gasteiger charge is -2.31. The summed E-state index contributed by atoms with van der Waals surface area (Å²) in [6.45, 7) is 1.33. The molecule has 0 saturated carbocycles. The SMILES string of the molecule is CC(O)C(NC(CO)c1ccc(N)cc1)NC(CO)c1ccc(N)cc1. The fourth-order valence-electron chi connectivity index (χ4n) is 2.73. The van der Waals surface area contributed by atoms with E-state index < -0.39 is 24.4 Å². The molecule has 0 spiro atoms. The molecule has 2 aromatic rings. The van der Waals surface area contributed by atoms with E-state index in [1.54, 1.807) is 31.2 Å². The van der Waals surface area contributed by atoms with Gasteiger partial charge in [0.1, 0.15) is 0 Å². The van der Waals surface area contributed by atoms with Crippen molar-refractivity contribution in [1.29, 1.82) is 0 Å². The quantitative estimate of drug-likeness (QED) is 0.255. The summed E-state index contributed by atoms with van der Waals surface area (Å²) in [6.07, 6.45) is -1.32. The van der Waals surface area contributed by atoms with Gasteiger partial charge in [0, 0.05) is 11.4 Å². The number of aliphatic hydroxyl groups is 3. The molecule has 3 unspecified atom stereocenters. The molecule has 0 aliphatic rings. The van der Waals surface area contributed by atoms with Crippen molar-refractivity contribution in [3.05, 3.63) is 59.7 Å². The molecule has 0 saturated heterocycles. The predicted molar refractivity (Wildman–Crippen MR) is 103 cm³/mol. The molecular weight excluding hydrogens is 332 g/mol. The minimum Gasteiger partial charge on any atom is -0.399 e. The van der Waals surface area contributed by atoms with E-state index in [9.17, 15) is 15.3 Å². The Labute approximate surface area is 153 Å². The maximum absolute atomic E-state index is 10.2. The van der Waals surface area contributed by atoms with Gasteiger partial charge in [-0.05, 0) is 42.3 Å². The molecule has 0 aliphatic carbocycles. The number of hydrogen-bond donors (Lipinski definition) is 7. The van der Waals surface area contributed by atoms with E-state index in [-0.39, 0.29) is 13.2 Å². The zero-order valence-electron chi connectivity index (χ0n) is 14.8. The van der Waals surface area contributed by atoms with Crippen molar-refractivity contribution in [2.45, 2.75) is 31.3 Å². The van der Waals surface area contributed by atoms with E-state index in [4.69, 9.17) is 11.5 Å². The first-order valence-corrected chi connectivity index (χ1v) is 8.57. The normalized spacial score (nSPS) is 16.0. The van der Waals surface area contributed by atoms with Crippen molar-refractivity contribution in [2.24, 2.45) is 0 Å². The number of anilines is 2. The van der Waals surface area contributed by atoms with Crippen molar-refractivity contribution < 1.29 is 15.3 Å². The van der Waals surface area contributed by atoms with E-state index in [2.05, 4.69) is 10.6 Å². The Morgan fingerprint density at radius 2 is 1.12 bits per heavy atom. The molecule has 0 amide bonds. The highest BCUT2D eigenvalue weighted by Gasteiger charge is 2.23. The molecule has 9 N–H and O–H groups in total. The summed E-state index contributed by atoms with van der Waals surface area (Å²) >= 11 is 0. The third kappa shape index (κ3) is 5.42. The smallest absolute Gasteiger partial charge is 0.0847 e. The zero-order valence-corrected chi connectivity index (χ0v) is 14.8. The molecule has 0 heterocycles. The number of hydrogen-bond acceptors (Lipinski definition) is 7. The molecule has 0 bridgehead atoms. The number of benzene rings is 2. The van der Waals surface area contributed by atoms with Crippen LogP contribution in [-0.4, -0.2) is 40.8 Å². The maximum Gasteiger partial charge on any atom is 0.0847 e. The summed E-state index contributed by atoms with van der Waals surface area (Å²) in [5, 5.41) is 36.1. The first-order chi connectivity index (χ1) is 12.4. The number of nitrogens with one attached hydrogen (secondary N) is 2. The van der Waals surface area contributed by atoms with Crippen LogP contribution in [0.5, 0.6) is 0 Å². The van der Waals surface area contributed by atoms with E-state index in [1.807, 2.05) is 24.3 Å². The van der Waals surface area contributed by atoms with Crippen molar-refractivity contribution in [1.82, 2.24) is 10.6 Å². The number of nitrogen functional groups attached to an aromatic ring is 2. The Morgan fingerprint density at radius 3 is 1.38 bits per heavy atom. The predicted octanol–water partition coefficient (Wildman–Crippen LogP) is 0.504. The highest BCUT2D eigenvalue weighted by atomic mass is 16.3. The molecule has 26 heavy (non-hydrogen) atoms. The molecule has 7 heteroatoms. The summed E-state index contributed by atoms with van der Waals surface area (Å²) < 4.78 is 0. The summed E-state index contributed by atoms with van der Waals surface area (Å²) in [5.41, 5.74) is 14.4.